The fourth-order valence-electron chi connectivity index (χ4n) is 0.0722. The summed E-state index contributed by atoms with van der Waals surface area (Å²) in [7, 11) is 1.34. The average Bonchev–Trinajstić information content (AvgIpc) is 2.46. The molecular weight excluding hydrogens is 343 g/mol. The SMILES string of the molecule is C=C=C(O)OC.CCCC.CCCC.CCCC.[Sn]. The molecule has 4 radical (unpaired) electrons. The third-order valence-corrected chi connectivity index (χ3v) is 1.84. The molecule has 0 bridgehead atoms. The van der Waals surface area contributed by atoms with Crippen LogP contribution in [-0.4, -0.2) is 36.1 Å². The van der Waals surface area contributed by atoms with E-state index in [4.69, 9.17) is 5.11 Å². The van der Waals surface area contributed by atoms with E-state index >= 15 is 0 Å². The second kappa shape index (κ2) is 43.0. The third kappa shape index (κ3) is 94.9. The molecule has 0 unspecified atom stereocenters. The fourth-order valence-corrected chi connectivity index (χ4v) is 0.0722. The van der Waals surface area contributed by atoms with Crippen molar-refractivity contribution < 1.29 is 9.84 Å². The standard InChI is InChI=1S/C4H6O2.3C4H10.Sn/c1-3-4(5)6-2;3*1-3-4-2;/h5H,1H2,2H3;3*3-4H2,1-2H3;. The molecule has 0 atom stereocenters. The van der Waals surface area contributed by atoms with Crippen LogP contribution in [0, 0.1) is 0 Å². The summed E-state index contributed by atoms with van der Waals surface area (Å²) < 4.78 is 4.20. The number of ether oxygens (including phenoxy) is 1. The van der Waals surface area contributed by atoms with E-state index in [9.17, 15) is 0 Å². The summed E-state index contributed by atoms with van der Waals surface area (Å²) in [5.74, 6) is -0.269. The Kier molecular flexibility index (Phi) is 71.0. The average molecular weight is 379 g/mol. The van der Waals surface area contributed by atoms with Gasteiger partial charge in [0.1, 0.15) is 0 Å². The second-order valence-electron chi connectivity index (χ2n) is 3.69. The van der Waals surface area contributed by atoms with Gasteiger partial charge in [0.15, 0.2) is 0 Å². The first kappa shape index (κ1) is 31.4. The van der Waals surface area contributed by atoms with Crippen molar-refractivity contribution in [3.05, 3.63) is 18.3 Å². The van der Waals surface area contributed by atoms with Gasteiger partial charge < -0.3 is 9.84 Å². The van der Waals surface area contributed by atoms with Crippen molar-refractivity contribution in [3.63, 3.8) is 0 Å². The van der Waals surface area contributed by atoms with Gasteiger partial charge in [-0.25, -0.2) is 0 Å². The van der Waals surface area contributed by atoms with Gasteiger partial charge in [0.25, 0.3) is 0 Å². The zero-order valence-electron chi connectivity index (χ0n) is 14.3. The molecule has 3 heteroatoms. The van der Waals surface area contributed by atoms with Crippen molar-refractivity contribution in [2.24, 2.45) is 0 Å². The van der Waals surface area contributed by atoms with Crippen LogP contribution in [0.3, 0.4) is 0 Å². The van der Waals surface area contributed by atoms with Gasteiger partial charge in [-0.15, -0.1) is 0 Å². The predicted octanol–water partition coefficient (Wildman–Crippen LogP) is 5.86. The van der Waals surface area contributed by atoms with Crippen molar-refractivity contribution in [1.29, 1.82) is 0 Å². The van der Waals surface area contributed by atoms with Gasteiger partial charge in [-0.1, -0.05) is 80.1 Å². The first-order valence-corrected chi connectivity index (χ1v) is 7.18. The third-order valence-electron chi connectivity index (χ3n) is 1.84. The summed E-state index contributed by atoms with van der Waals surface area (Å²) >= 11 is 0. The van der Waals surface area contributed by atoms with E-state index in [0.717, 1.165) is 0 Å². The summed E-state index contributed by atoms with van der Waals surface area (Å²) in [6.45, 7) is 16.2. The predicted molar refractivity (Wildman–Crippen MR) is 89.8 cm³/mol. The van der Waals surface area contributed by atoms with Crippen molar-refractivity contribution >= 4 is 23.9 Å². The van der Waals surface area contributed by atoms with E-state index in [2.05, 4.69) is 58.6 Å². The van der Waals surface area contributed by atoms with Crippen LogP contribution in [0.1, 0.15) is 80.1 Å². The molecule has 0 fully saturated rings. The first-order valence-electron chi connectivity index (χ1n) is 7.18. The number of unbranched alkanes of at least 4 members (excludes halogenated alkanes) is 3. The van der Waals surface area contributed by atoms with Crippen molar-refractivity contribution in [2.75, 3.05) is 7.11 Å². The van der Waals surface area contributed by atoms with Crippen LogP contribution >= 0.6 is 0 Å². The number of hydrogen-bond acceptors (Lipinski definition) is 2. The quantitative estimate of drug-likeness (QED) is 0.377. The Morgan fingerprint density at radius 1 is 0.842 bits per heavy atom. The molecule has 0 aromatic heterocycles. The Hall–Kier alpha value is -0.0813. The van der Waals surface area contributed by atoms with E-state index < -0.39 is 0 Å². The Balaban J connectivity index is -0.0000000459. The van der Waals surface area contributed by atoms with E-state index in [-0.39, 0.29) is 29.9 Å². The van der Waals surface area contributed by atoms with Crippen LogP contribution in [0.4, 0.5) is 0 Å². The van der Waals surface area contributed by atoms with Crippen LogP contribution in [0.15, 0.2) is 18.3 Å². The molecular formula is C16H36O2Sn. The molecule has 0 rings (SSSR count). The van der Waals surface area contributed by atoms with Gasteiger partial charge in [0.2, 0.25) is 0 Å². The Labute approximate surface area is 139 Å². The Bertz CT molecular complexity index is 137. The molecule has 0 saturated carbocycles. The van der Waals surface area contributed by atoms with E-state index in [1.165, 1.54) is 45.6 Å². The molecule has 0 heterocycles. The van der Waals surface area contributed by atoms with Crippen LogP contribution in [0.25, 0.3) is 0 Å². The summed E-state index contributed by atoms with van der Waals surface area (Å²) in [6, 6.07) is 0. The molecule has 0 aliphatic carbocycles. The number of rotatable bonds is 4. The van der Waals surface area contributed by atoms with Crippen LogP contribution in [0.2, 0.25) is 0 Å². The minimum Gasteiger partial charge on any atom is -0.475 e. The van der Waals surface area contributed by atoms with Gasteiger partial charge in [-0.2, -0.15) is 0 Å². The summed E-state index contributed by atoms with van der Waals surface area (Å²) in [5, 5.41) is 8.19. The number of methoxy groups -OCH3 is 1. The molecule has 0 aliphatic rings. The van der Waals surface area contributed by atoms with Crippen molar-refractivity contribution in [3.8, 4) is 0 Å². The largest absolute Gasteiger partial charge is 0.475 e. The smallest absolute Gasteiger partial charge is 0.324 e. The monoisotopic (exact) mass is 380 g/mol. The van der Waals surface area contributed by atoms with Crippen LogP contribution in [-0.2, 0) is 4.74 Å². The van der Waals surface area contributed by atoms with Crippen molar-refractivity contribution in [1.82, 2.24) is 0 Å². The Morgan fingerprint density at radius 2 is 1.05 bits per heavy atom. The van der Waals surface area contributed by atoms with E-state index in [1.54, 1.807) is 0 Å². The zero-order valence-corrected chi connectivity index (χ0v) is 17.2. The zero-order chi connectivity index (χ0) is 15.2. The number of aliphatic hydroxyl groups excluding tert-OH is 1. The first-order chi connectivity index (χ1) is 8.55. The van der Waals surface area contributed by atoms with Gasteiger partial charge in [0.05, 0.1) is 7.11 Å². The normalized spacial score (nSPS) is 6.68. The van der Waals surface area contributed by atoms with Gasteiger partial charge in [-0.3, -0.25) is 0 Å². The molecule has 0 aromatic carbocycles. The van der Waals surface area contributed by atoms with Crippen LogP contribution in [0.5, 0.6) is 0 Å². The second-order valence-corrected chi connectivity index (χ2v) is 3.69. The maximum atomic E-state index is 8.19. The van der Waals surface area contributed by atoms with Gasteiger partial charge in [-0.05, 0) is 12.3 Å². The summed E-state index contributed by atoms with van der Waals surface area (Å²) in [5.41, 5.74) is 2.11. The minimum absolute atomic E-state index is 0. The topological polar surface area (TPSA) is 29.5 Å². The molecule has 0 aromatic rings. The van der Waals surface area contributed by atoms with Crippen LogP contribution < -0.4 is 0 Å². The molecule has 19 heavy (non-hydrogen) atoms. The molecule has 0 aliphatic heterocycles. The molecule has 0 saturated heterocycles. The maximum Gasteiger partial charge on any atom is 0.324 e. The molecule has 1 N–H and O–H groups in total. The van der Waals surface area contributed by atoms with E-state index in [0.29, 0.717) is 0 Å². The summed E-state index contributed by atoms with van der Waals surface area (Å²) in [4.78, 5) is 0. The van der Waals surface area contributed by atoms with Gasteiger partial charge >= 0.3 is 5.95 Å². The number of aliphatic hydroxyl groups is 1. The number of hydrogen-bond donors (Lipinski definition) is 1. The summed E-state index contributed by atoms with van der Waals surface area (Å²) in [6.07, 6.45) is 7.92. The fraction of sp³-hybridized carbons (Fsp3) is 0.812. The maximum absolute atomic E-state index is 8.19. The molecule has 0 amide bonds. The van der Waals surface area contributed by atoms with Gasteiger partial charge in [0, 0.05) is 23.9 Å². The molecule has 0 spiro atoms. The van der Waals surface area contributed by atoms with Crippen molar-refractivity contribution in [2.45, 2.75) is 80.1 Å². The molecule has 2 nitrogen and oxygen atoms in total. The minimum atomic E-state index is -0.269. The van der Waals surface area contributed by atoms with E-state index in [1.807, 2.05) is 0 Å². The Morgan fingerprint density at radius 3 is 1.05 bits per heavy atom. The molecule has 116 valence electrons.